The Balaban J connectivity index is 1.49. The molecule has 0 saturated carbocycles. The molecular weight excluding hydrogens is 340 g/mol. The third kappa shape index (κ3) is 2.72. The molecule has 3 aromatic heterocycles. The summed E-state index contributed by atoms with van der Waals surface area (Å²) in [6, 6.07) is 10.3. The summed E-state index contributed by atoms with van der Waals surface area (Å²) in [5.41, 5.74) is 4.75. The first-order valence-corrected chi connectivity index (χ1v) is 8.84. The molecule has 0 amide bonds. The summed E-state index contributed by atoms with van der Waals surface area (Å²) >= 11 is 0. The van der Waals surface area contributed by atoms with E-state index in [0.29, 0.717) is 11.3 Å². The Bertz CT molecular complexity index is 1160. The maximum absolute atomic E-state index is 9.13. The minimum atomic E-state index is 0.173. The second kappa shape index (κ2) is 6.25. The van der Waals surface area contributed by atoms with Gasteiger partial charge in [0.2, 0.25) is 0 Å². The van der Waals surface area contributed by atoms with Crippen LogP contribution in [0.25, 0.3) is 22.4 Å². The molecule has 0 aliphatic heterocycles. The van der Waals surface area contributed by atoms with Crippen LogP contribution in [0, 0.1) is 11.3 Å². The Kier molecular flexibility index (Phi) is 3.61. The molecule has 0 bridgehead atoms. The van der Waals surface area contributed by atoms with Crippen molar-refractivity contribution in [2.45, 2.75) is 25.3 Å². The molecule has 1 aromatic carbocycles. The summed E-state index contributed by atoms with van der Waals surface area (Å²) in [6.45, 7) is 0. The van der Waals surface area contributed by atoms with E-state index < -0.39 is 0 Å². The van der Waals surface area contributed by atoms with Gasteiger partial charge in [0.05, 0.1) is 35.6 Å². The van der Waals surface area contributed by atoms with Crippen LogP contribution in [-0.2, 0) is 6.42 Å². The molecule has 7 heteroatoms. The number of H-pyrrole nitrogens is 1. The average Bonchev–Trinajstić information content (AvgIpc) is 3.37. The number of fused-ring (bicyclic) bond motifs is 2. The van der Waals surface area contributed by atoms with Crippen LogP contribution in [0.3, 0.4) is 0 Å². The first kappa shape index (κ1) is 15.6. The summed E-state index contributed by atoms with van der Waals surface area (Å²) in [6.07, 6.45) is 7.92. The molecule has 1 aliphatic carbocycles. The highest BCUT2D eigenvalue weighted by molar-refractivity contribution is 5.92. The van der Waals surface area contributed by atoms with Crippen LogP contribution in [-0.4, -0.2) is 20.2 Å². The van der Waals surface area contributed by atoms with E-state index >= 15 is 0 Å². The number of aromatic nitrogens is 4. The summed E-state index contributed by atoms with van der Waals surface area (Å²) in [4.78, 5) is 8.49. The fourth-order valence-electron chi connectivity index (χ4n) is 3.73. The molecule has 2 N–H and O–H groups in total. The molecule has 0 unspecified atom stereocenters. The largest absolute Gasteiger partial charge is 0.442 e. The van der Waals surface area contributed by atoms with E-state index in [1.165, 1.54) is 17.5 Å². The van der Waals surface area contributed by atoms with Crippen molar-refractivity contribution in [3.63, 3.8) is 0 Å². The van der Waals surface area contributed by atoms with E-state index in [9.17, 15) is 0 Å². The predicted octanol–water partition coefficient (Wildman–Crippen LogP) is 3.97. The van der Waals surface area contributed by atoms with Crippen LogP contribution in [0.4, 0.5) is 5.82 Å². The van der Waals surface area contributed by atoms with Crippen LogP contribution in [0.1, 0.15) is 35.6 Å². The van der Waals surface area contributed by atoms with Gasteiger partial charge in [-0.25, -0.2) is 9.97 Å². The molecule has 4 aromatic rings. The topological polar surface area (TPSA) is 103 Å². The molecule has 1 atom stereocenters. The van der Waals surface area contributed by atoms with Crippen molar-refractivity contribution >= 4 is 16.7 Å². The van der Waals surface area contributed by atoms with E-state index in [1.807, 2.05) is 18.2 Å². The Morgan fingerprint density at radius 3 is 3.07 bits per heavy atom. The van der Waals surface area contributed by atoms with Crippen molar-refractivity contribution in [2.75, 3.05) is 5.32 Å². The third-order valence-electron chi connectivity index (χ3n) is 5.02. The average molecular weight is 356 g/mol. The molecule has 0 spiro atoms. The minimum absolute atomic E-state index is 0.173. The lowest BCUT2D eigenvalue weighted by atomic mass is 9.86. The fourth-order valence-corrected chi connectivity index (χ4v) is 3.73. The van der Waals surface area contributed by atoms with Crippen LogP contribution in [0.15, 0.2) is 47.5 Å². The predicted molar refractivity (Wildman–Crippen MR) is 99.8 cm³/mol. The smallest absolute Gasteiger partial charge is 0.181 e. The molecule has 0 fully saturated rings. The molecule has 5 rings (SSSR count). The van der Waals surface area contributed by atoms with Crippen molar-refractivity contribution in [1.82, 2.24) is 20.2 Å². The number of nitrogens with zero attached hydrogens (tertiary/aromatic N) is 4. The number of benzene rings is 1. The molecule has 0 radical (unpaired) electrons. The van der Waals surface area contributed by atoms with Crippen LogP contribution < -0.4 is 5.32 Å². The SMILES string of the molecule is N#Cc1ccc2c(c1)CCC[C@H]2Nc1cc2c(-c3cnco3)n[nH]c2cn1. The first-order chi connectivity index (χ1) is 13.3. The molecule has 0 saturated heterocycles. The zero-order valence-corrected chi connectivity index (χ0v) is 14.4. The van der Waals surface area contributed by atoms with Gasteiger partial charge < -0.3 is 9.73 Å². The molecule has 27 heavy (non-hydrogen) atoms. The molecule has 3 heterocycles. The number of hydrogen-bond donors (Lipinski definition) is 2. The highest BCUT2D eigenvalue weighted by Crippen LogP contribution is 2.34. The van der Waals surface area contributed by atoms with E-state index in [0.717, 1.165) is 41.7 Å². The minimum Gasteiger partial charge on any atom is -0.442 e. The standard InChI is InChI=1S/C20H16N6O/c21-8-12-4-5-14-13(6-12)2-1-3-16(14)24-19-7-15-17(9-23-19)25-26-20(15)18-10-22-11-27-18/h4-7,9-11,16H,1-3H2,(H,23,24)(H,25,26)/t16-/m1/s1. The van der Waals surface area contributed by atoms with Crippen LogP contribution in [0.2, 0.25) is 0 Å². The number of nitriles is 1. The van der Waals surface area contributed by atoms with Gasteiger partial charge in [0.25, 0.3) is 0 Å². The summed E-state index contributed by atoms with van der Waals surface area (Å²) in [5, 5.41) is 20.9. The normalized spacial score (nSPS) is 16.0. The van der Waals surface area contributed by atoms with Gasteiger partial charge in [0, 0.05) is 5.39 Å². The number of rotatable bonds is 3. The van der Waals surface area contributed by atoms with Gasteiger partial charge in [-0.3, -0.25) is 5.10 Å². The highest BCUT2D eigenvalue weighted by Gasteiger charge is 2.21. The Hall–Kier alpha value is -3.66. The second-order valence-electron chi connectivity index (χ2n) is 6.67. The Labute approximate surface area is 155 Å². The zero-order chi connectivity index (χ0) is 18.2. The van der Waals surface area contributed by atoms with Gasteiger partial charge in [-0.05, 0) is 48.6 Å². The Morgan fingerprint density at radius 2 is 2.22 bits per heavy atom. The van der Waals surface area contributed by atoms with Crippen molar-refractivity contribution in [3.05, 3.63) is 59.7 Å². The maximum atomic E-state index is 9.13. The second-order valence-corrected chi connectivity index (χ2v) is 6.67. The lowest BCUT2D eigenvalue weighted by Crippen LogP contribution is -2.18. The lowest BCUT2D eigenvalue weighted by molar-refractivity contribution is 0.570. The van der Waals surface area contributed by atoms with Crippen molar-refractivity contribution in [3.8, 4) is 17.5 Å². The van der Waals surface area contributed by atoms with E-state index in [-0.39, 0.29) is 6.04 Å². The van der Waals surface area contributed by atoms with Gasteiger partial charge in [0.15, 0.2) is 12.2 Å². The highest BCUT2D eigenvalue weighted by atomic mass is 16.3. The molecule has 1 aliphatic rings. The summed E-state index contributed by atoms with van der Waals surface area (Å²) < 4.78 is 5.38. The number of aromatic amines is 1. The number of hydrogen-bond acceptors (Lipinski definition) is 6. The zero-order valence-electron chi connectivity index (χ0n) is 14.4. The van der Waals surface area contributed by atoms with E-state index in [2.05, 4.69) is 37.6 Å². The number of pyridine rings is 1. The van der Waals surface area contributed by atoms with Gasteiger partial charge in [-0.1, -0.05) is 6.07 Å². The quantitative estimate of drug-likeness (QED) is 0.575. The maximum Gasteiger partial charge on any atom is 0.181 e. The van der Waals surface area contributed by atoms with Crippen LogP contribution in [0.5, 0.6) is 0 Å². The van der Waals surface area contributed by atoms with Crippen LogP contribution >= 0.6 is 0 Å². The van der Waals surface area contributed by atoms with Gasteiger partial charge in [0.1, 0.15) is 11.5 Å². The van der Waals surface area contributed by atoms with Crippen molar-refractivity contribution < 1.29 is 4.42 Å². The number of aryl methyl sites for hydroxylation is 1. The first-order valence-electron chi connectivity index (χ1n) is 8.84. The number of oxazole rings is 1. The van der Waals surface area contributed by atoms with Gasteiger partial charge >= 0.3 is 0 Å². The third-order valence-corrected chi connectivity index (χ3v) is 5.02. The fraction of sp³-hybridized carbons (Fsp3) is 0.200. The molecular formula is C20H16N6O. The molecule has 132 valence electrons. The number of anilines is 1. The van der Waals surface area contributed by atoms with E-state index in [1.54, 1.807) is 12.4 Å². The van der Waals surface area contributed by atoms with Gasteiger partial charge in [-0.15, -0.1) is 0 Å². The Morgan fingerprint density at radius 1 is 1.26 bits per heavy atom. The monoisotopic (exact) mass is 356 g/mol. The molecule has 7 nitrogen and oxygen atoms in total. The van der Waals surface area contributed by atoms with Gasteiger partial charge in [-0.2, -0.15) is 10.4 Å². The van der Waals surface area contributed by atoms with Crippen molar-refractivity contribution in [1.29, 1.82) is 5.26 Å². The summed E-state index contributed by atoms with van der Waals surface area (Å²) in [5.74, 6) is 1.40. The van der Waals surface area contributed by atoms with Crippen molar-refractivity contribution in [2.24, 2.45) is 0 Å². The summed E-state index contributed by atoms with van der Waals surface area (Å²) in [7, 11) is 0. The lowest BCUT2D eigenvalue weighted by Gasteiger charge is -2.27. The number of nitrogens with one attached hydrogen (secondary N) is 2. The van der Waals surface area contributed by atoms with E-state index in [4.69, 9.17) is 9.68 Å².